The molecule has 4 heteroatoms. The van der Waals surface area contributed by atoms with Crippen molar-refractivity contribution in [1.29, 1.82) is 0 Å². The molecule has 1 aromatic rings. The van der Waals surface area contributed by atoms with Crippen molar-refractivity contribution in [3.05, 3.63) is 28.2 Å². The van der Waals surface area contributed by atoms with E-state index in [4.69, 9.17) is 9.47 Å². The monoisotopic (exact) mass is 298 g/mol. The van der Waals surface area contributed by atoms with E-state index in [9.17, 15) is 4.79 Å². The molecule has 0 radical (unpaired) electrons. The largest absolute Gasteiger partial charge is 0.493 e. The van der Waals surface area contributed by atoms with Crippen molar-refractivity contribution in [1.82, 2.24) is 0 Å². The lowest BCUT2D eigenvalue weighted by Crippen LogP contribution is -2.06. The Kier molecular flexibility index (Phi) is 4.05. The first-order valence-electron chi connectivity index (χ1n) is 5.79. The number of rotatable bonds is 5. The lowest BCUT2D eigenvalue weighted by atomic mass is 10.2. The van der Waals surface area contributed by atoms with Crippen LogP contribution in [0.25, 0.3) is 0 Å². The zero-order valence-corrected chi connectivity index (χ0v) is 11.3. The third-order valence-electron chi connectivity index (χ3n) is 2.57. The van der Waals surface area contributed by atoms with Crippen molar-refractivity contribution >= 4 is 21.9 Å². The minimum absolute atomic E-state index is 0.315. The maximum absolute atomic E-state index is 11.6. The summed E-state index contributed by atoms with van der Waals surface area (Å²) in [4.78, 5) is 11.6. The molecule has 17 heavy (non-hydrogen) atoms. The summed E-state index contributed by atoms with van der Waals surface area (Å²) in [5.74, 6) is 1.10. The van der Waals surface area contributed by atoms with Crippen LogP contribution in [0.15, 0.2) is 22.7 Å². The van der Waals surface area contributed by atoms with Gasteiger partial charge in [0, 0.05) is 4.47 Å². The summed E-state index contributed by atoms with van der Waals surface area (Å²) in [5, 5.41) is 0. The number of halogens is 1. The lowest BCUT2D eigenvalue weighted by Gasteiger charge is -2.08. The van der Waals surface area contributed by atoms with Crippen molar-refractivity contribution in [2.75, 3.05) is 13.2 Å². The molecule has 0 atom stereocenters. The van der Waals surface area contributed by atoms with E-state index in [-0.39, 0.29) is 5.97 Å². The predicted molar refractivity (Wildman–Crippen MR) is 68.3 cm³/mol. The minimum Gasteiger partial charge on any atom is -0.493 e. The molecule has 3 nitrogen and oxygen atoms in total. The molecule has 0 spiro atoms. The van der Waals surface area contributed by atoms with Crippen molar-refractivity contribution in [2.45, 2.75) is 19.8 Å². The highest BCUT2D eigenvalue weighted by molar-refractivity contribution is 9.10. The summed E-state index contributed by atoms with van der Waals surface area (Å²) in [5.41, 5.74) is 0.520. The van der Waals surface area contributed by atoms with Crippen LogP contribution in [0, 0.1) is 5.92 Å². The molecule has 0 aromatic heterocycles. The highest BCUT2D eigenvalue weighted by atomic mass is 79.9. The number of ether oxygens (including phenoxy) is 2. The Morgan fingerprint density at radius 1 is 1.41 bits per heavy atom. The summed E-state index contributed by atoms with van der Waals surface area (Å²) < 4.78 is 11.4. The Bertz CT molecular complexity index is 413. The minimum atomic E-state index is -0.315. The van der Waals surface area contributed by atoms with E-state index < -0.39 is 0 Å². The van der Waals surface area contributed by atoms with E-state index >= 15 is 0 Å². The van der Waals surface area contributed by atoms with E-state index in [1.165, 1.54) is 12.8 Å². The zero-order chi connectivity index (χ0) is 12.3. The van der Waals surface area contributed by atoms with Crippen LogP contribution in [0.1, 0.15) is 30.1 Å². The molecule has 1 fully saturated rings. The smallest absolute Gasteiger partial charge is 0.338 e. The molecule has 92 valence electrons. The quantitative estimate of drug-likeness (QED) is 0.782. The average Bonchev–Trinajstić information content (AvgIpc) is 3.10. The first kappa shape index (κ1) is 12.4. The number of hydrogen-bond acceptors (Lipinski definition) is 3. The molecule has 0 unspecified atom stereocenters. The fraction of sp³-hybridized carbons (Fsp3) is 0.462. The third kappa shape index (κ3) is 3.73. The number of esters is 1. The van der Waals surface area contributed by atoms with Crippen LogP contribution in [-0.4, -0.2) is 19.2 Å². The first-order valence-corrected chi connectivity index (χ1v) is 6.59. The van der Waals surface area contributed by atoms with Gasteiger partial charge >= 0.3 is 5.97 Å². The molecule has 1 aliphatic carbocycles. The molecule has 2 rings (SSSR count). The highest BCUT2D eigenvalue weighted by Crippen LogP contribution is 2.30. The second kappa shape index (κ2) is 5.54. The molecule has 0 heterocycles. The lowest BCUT2D eigenvalue weighted by molar-refractivity contribution is 0.0525. The van der Waals surface area contributed by atoms with Gasteiger partial charge in [0.05, 0.1) is 18.8 Å². The normalized spacial score (nSPS) is 14.5. The van der Waals surface area contributed by atoms with Crippen LogP contribution in [-0.2, 0) is 4.74 Å². The topological polar surface area (TPSA) is 35.5 Å². The van der Waals surface area contributed by atoms with Crippen molar-refractivity contribution in [2.24, 2.45) is 5.92 Å². The third-order valence-corrected chi connectivity index (χ3v) is 3.02. The van der Waals surface area contributed by atoms with Crippen LogP contribution in [0.2, 0.25) is 0 Å². The Hall–Kier alpha value is -1.03. The summed E-state index contributed by atoms with van der Waals surface area (Å²) in [6.45, 7) is 2.91. The Morgan fingerprint density at radius 3 is 2.82 bits per heavy atom. The van der Waals surface area contributed by atoms with Crippen molar-refractivity contribution in [3.8, 4) is 5.75 Å². The van der Waals surface area contributed by atoms with Crippen LogP contribution in [0.3, 0.4) is 0 Å². The molecule has 1 saturated carbocycles. The first-order chi connectivity index (χ1) is 8.19. The number of carbonyl (C=O) groups is 1. The van der Waals surface area contributed by atoms with Crippen molar-refractivity contribution < 1.29 is 14.3 Å². The summed E-state index contributed by atoms with van der Waals surface area (Å²) >= 11 is 3.37. The van der Waals surface area contributed by atoms with Gasteiger partial charge < -0.3 is 9.47 Å². The maximum Gasteiger partial charge on any atom is 0.338 e. The van der Waals surface area contributed by atoms with Gasteiger partial charge in [-0.05, 0) is 43.9 Å². The van der Waals surface area contributed by atoms with Gasteiger partial charge in [-0.25, -0.2) is 4.79 Å². The van der Waals surface area contributed by atoms with E-state index in [1.54, 1.807) is 19.1 Å². The van der Waals surface area contributed by atoms with Gasteiger partial charge in [-0.15, -0.1) is 0 Å². The van der Waals surface area contributed by atoms with E-state index in [0.29, 0.717) is 23.8 Å². The second-order valence-electron chi connectivity index (χ2n) is 4.15. The Morgan fingerprint density at radius 2 is 2.18 bits per heavy atom. The van der Waals surface area contributed by atoms with Gasteiger partial charge in [-0.3, -0.25) is 0 Å². The molecule has 1 aliphatic rings. The number of hydrogen-bond donors (Lipinski definition) is 0. The van der Waals surface area contributed by atoms with Gasteiger partial charge in [-0.2, -0.15) is 0 Å². The van der Waals surface area contributed by atoms with Gasteiger partial charge in [0.2, 0.25) is 0 Å². The standard InChI is InChI=1S/C13H15BrO3/c1-2-16-13(15)10-5-11(14)7-12(6-10)17-8-9-3-4-9/h5-7,9H,2-4,8H2,1H3. The molecule has 0 amide bonds. The fourth-order valence-electron chi connectivity index (χ4n) is 1.48. The molecule has 0 saturated heterocycles. The van der Waals surface area contributed by atoms with Crippen LogP contribution in [0.5, 0.6) is 5.75 Å². The predicted octanol–water partition coefficient (Wildman–Crippen LogP) is 3.41. The number of benzene rings is 1. The molecule has 1 aromatic carbocycles. The molecular formula is C13H15BrO3. The van der Waals surface area contributed by atoms with Crippen LogP contribution in [0.4, 0.5) is 0 Å². The second-order valence-corrected chi connectivity index (χ2v) is 5.07. The van der Waals surface area contributed by atoms with Gasteiger partial charge in [0.15, 0.2) is 0 Å². The van der Waals surface area contributed by atoms with Crippen molar-refractivity contribution in [3.63, 3.8) is 0 Å². The Labute approximate surface area is 109 Å². The Balaban J connectivity index is 2.07. The van der Waals surface area contributed by atoms with E-state index in [0.717, 1.165) is 11.1 Å². The molecular weight excluding hydrogens is 284 g/mol. The van der Waals surface area contributed by atoms with Gasteiger partial charge in [0.1, 0.15) is 5.75 Å². The highest BCUT2D eigenvalue weighted by Gasteiger charge is 2.22. The van der Waals surface area contributed by atoms with Gasteiger partial charge in [-0.1, -0.05) is 15.9 Å². The summed E-state index contributed by atoms with van der Waals surface area (Å²) in [6, 6.07) is 5.33. The van der Waals surface area contributed by atoms with Crippen LogP contribution < -0.4 is 4.74 Å². The average molecular weight is 299 g/mol. The van der Waals surface area contributed by atoms with Gasteiger partial charge in [0.25, 0.3) is 0 Å². The summed E-state index contributed by atoms with van der Waals surface area (Å²) in [7, 11) is 0. The molecule has 0 bridgehead atoms. The number of carbonyl (C=O) groups excluding carboxylic acids is 1. The maximum atomic E-state index is 11.6. The summed E-state index contributed by atoms with van der Waals surface area (Å²) in [6.07, 6.45) is 2.50. The van der Waals surface area contributed by atoms with E-state index in [1.807, 2.05) is 6.07 Å². The molecule has 0 N–H and O–H groups in total. The van der Waals surface area contributed by atoms with E-state index in [2.05, 4.69) is 15.9 Å². The SMILES string of the molecule is CCOC(=O)c1cc(Br)cc(OCC2CC2)c1. The van der Waals surface area contributed by atoms with Crippen LogP contribution >= 0.6 is 15.9 Å². The fourth-order valence-corrected chi connectivity index (χ4v) is 1.95. The zero-order valence-electron chi connectivity index (χ0n) is 9.74. The molecule has 0 aliphatic heterocycles.